The van der Waals surface area contributed by atoms with Crippen LogP contribution in [0.25, 0.3) is 6.08 Å². The van der Waals surface area contributed by atoms with Gasteiger partial charge >= 0.3 is 0 Å². The minimum absolute atomic E-state index is 0.0532. The van der Waals surface area contributed by atoms with Gasteiger partial charge in [0.2, 0.25) is 0 Å². The molecule has 1 saturated heterocycles. The molecule has 1 aromatic rings. The highest BCUT2D eigenvalue weighted by Gasteiger charge is 2.25. The second kappa shape index (κ2) is 6.14. The summed E-state index contributed by atoms with van der Waals surface area (Å²) in [7, 11) is 0. The summed E-state index contributed by atoms with van der Waals surface area (Å²) in [5, 5.41) is 3.61. The third kappa shape index (κ3) is 3.15. The summed E-state index contributed by atoms with van der Waals surface area (Å²) in [6.07, 6.45) is 6.69. The van der Waals surface area contributed by atoms with E-state index in [0.29, 0.717) is 10.9 Å². The van der Waals surface area contributed by atoms with Gasteiger partial charge in [-0.2, -0.15) is 0 Å². The molecule has 0 bridgehead atoms. The van der Waals surface area contributed by atoms with Crippen LogP contribution in [0.2, 0.25) is 0 Å². The Morgan fingerprint density at radius 3 is 2.80 bits per heavy atom. The van der Waals surface area contributed by atoms with Gasteiger partial charge in [-0.1, -0.05) is 47.0 Å². The van der Waals surface area contributed by atoms with E-state index in [1.165, 1.54) is 24.6 Å². The van der Waals surface area contributed by atoms with E-state index in [4.69, 9.17) is 0 Å². The smallest absolute Gasteiger partial charge is 0.264 e. The van der Waals surface area contributed by atoms with Gasteiger partial charge in [-0.05, 0) is 42.3 Å². The second-order valence-corrected chi connectivity index (χ2v) is 6.84. The van der Waals surface area contributed by atoms with Crippen LogP contribution in [0.1, 0.15) is 31.2 Å². The fraction of sp³-hybridized carbons (Fsp3) is 0.333. The summed E-state index contributed by atoms with van der Waals surface area (Å²) in [5.41, 5.74) is 1.01. The molecule has 1 aliphatic heterocycles. The lowest BCUT2D eigenvalue weighted by molar-refractivity contribution is -0.115. The molecule has 2 fully saturated rings. The molecule has 0 atom stereocenters. The van der Waals surface area contributed by atoms with Crippen LogP contribution >= 0.6 is 27.7 Å². The summed E-state index contributed by atoms with van der Waals surface area (Å²) in [4.78, 5) is 17.3. The van der Waals surface area contributed by atoms with Gasteiger partial charge in [0, 0.05) is 4.47 Å². The van der Waals surface area contributed by atoms with E-state index in [9.17, 15) is 4.79 Å². The van der Waals surface area contributed by atoms with Crippen molar-refractivity contribution in [3.05, 3.63) is 39.2 Å². The molecule has 5 heteroatoms. The molecule has 1 heterocycles. The SMILES string of the molecule is O=C1NC(=NC2CCCC2)S/C1=C\c1ccccc1Br. The number of aliphatic imine (C=N–C) groups is 1. The Labute approximate surface area is 131 Å². The lowest BCUT2D eigenvalue weighted by Crippen LogP contribution is -2.21. The molecular formula is C15H15BrN2OS. The Kier molecular flexibility index (Phi) is 4.27. The molecule has 0 unspecified atom stereocenters. The van der Waals surface area contributed by atoms with E-state index in [0.717, 1.165) is 28.0 Å². The first-order valence-corrected chi connectivity index (χ1v) is 8.36. The van der Waals surface area contributed by atoms with Gasteiger partial charge in [0.15, 0.2) is 5.17 Å². The monoisotopic (exact) mass is 350 g/mol. The number of carbonyl (C=O) groups is 1. The first kappa shape index (κ1) is 13.9. The average molecular weight is 351 g/mol. The molecule has 0 aromatic heterocycles. The van der Waals surface area contributed by atoms with Crippen molar-refractivity contribution in [2.75, 3.05) is 0 Å². The van der Waals surface area contributed by atoms with Crippen molar-refractivity contribution >= 4 is 44.8 Å². The van der Waals surface area contributed by atoms with Gasteiger partial charge in [0.1, 0.15) is 0 Å². The predicted octanol–water partition coefficient (Wildman–Crippen LogP) is 3.95. The molecule has 3 rings (SSSR count). The highest BCUT2D eigenvalue weighted by Crippen LogP contribution is 2.30. The van der Waals surface area contributed by atoms with E-state index >= 15 is 0 Å². The molecule has 1 aromatic carbocycles. The largest absolute Gasteiger partial charge is 0.301 e. The number of rotatable bonds is 2. The molecule has 0 spiro atoms. The molecule has 1 saturated carbocycles. The summed E-state index contributed by atoms with van der Waals surface area (Å²) < 4.78 is 0.988. The van der Waals surface area contributed by atoms with Crippen LogP contribution in [0.15, 0.2) is 38.6 Å². The van der Waals surface area contributed by atoms with Crippen molar-refractivity contribution in [3.8, 4) is 0 Å². The number of thioether (sulfide) groups is 1. The quantitative estimate of drug-likeness (QED) is 0.820. The van der Waals surface area contributed by atoms with Gasteiger partial charge < -0.3 is 5.32 Å². The third-order valence-corrected chi connectivity index (χ3v) is 5.11. The normalized spacial score (nSPS) is 23.8. The topological polar surface area (TPSA) is 41.5 Å². The molecule has 104 valence electrons. The number of amides is 1. The van der Waals surface area contributed by atoms with Crippen molar-refractivity contribution in [2.24, 2.45) is 4.99 Å². The van der Waals surface area contributed by atoms with Crippen LogP contribution in [0.4, 0.5) is 0 Å². The number of nitrogens with zero attached hydrogens (tertiary/aromatic N) is 1. The van der Waals surface area contributed by atoms with E-state index in [2.05, 4.69) is 26.2 Å². The van der Waals surface area contributed by atoms with Crippen molar-refractivity contribution in [1.29, 1.82) is 0 Å². The molecule has 1 N–H and O–H groups in total. The van der Waals surface area contributed by atoms with Gasteiger partial charge in [-0.25, -0.2) is 0 Å². The molecule has 0 radical (unpaired) electrons. The van der Waals surface area contributed by atoms with Crippen LogP contribution < -0.4 is 5.32 Å². The molecular weight excluding hydrogens is 336 g/mol. The Balaban J connectivity index is 1.78. The summed E-state index contributed by atoms with van der Waals surface area (Å²) in [6, 6.07) is 8.26. The first-order chi connectivity index (χ1) is 9.72. The lowest BCUT2D eigenvalue weighted by Gasteiger charge is -2.02. The van der Waals surface area contributed by atoms with Gasteiger partial charge in [-0.3, -0.25) is 9.79 Å². The minimum Gasteiger partial charge on any atom is -0.301 e. The minimum atomic E-state index is -0.0532. The van der Waals surface area contributed by atoms with Crippen LogP contribution in [0, 0.1) is 0 Å². The fourth-order valence-electron chi connectivity index (χ4n) is 2.42. The van der Waals surface area contributed by atoms with E-state index < -0.39 is 0 Å². The maximum Gasteiger partial charge on any atom is 0.264 e. The predicted molar refractivity (Wildman–Crippen MR) is 87.5 cm³/mol. The number of hydrogen-bond donors (Lipinski definition) is 1. The molecule has 3 nitrogen and oxygen atoms in total. The van der Waals surface area contributed by atoms with Crippen LogP contribution in [0.5, 0.6) is 0 Å². The van der Waals surface area contributed by atoms with Crippen molar-refractivity contribution in [2.45, 2.75) is 31.7 Å². The summed E-state index contributed by atoms with van der Waals surface area (Å²) in [6.45, 7) is 0. The Bertz CT molecular complexity index is 591. The van der Waals surface area contributed by atoms with Gasteiger partial charge in [-0.15, -0.1) is 0 Å². The molecule has 1 amide bonds. The molecule has 1 aliphatic carbocycles. The maximum absolute atomic E-state index is 12.0. The number of halogens is 1. The third-order valence-electron chi connectivity index (χ3n) is 3.47. The highest BCUT2D eigenvalue weighted by atomic mass is 79.9. The maximum atomic E-state index is 12.0. The van der Waals surface area contributed by atoms with E-state index in [1.807, 2.05) is 30.3 Å². The average Bonchev–Trinajstić information content (AvgIpc) is 3.04. The summed E-state index contributed by atoms with van der Waals surface area (Å²) in [5.74, 6) is -0.0532. The summed E-state index contributed by atoms with van der Waals surface area (Å²) >= 11 is 4.93. The second-order valence-electron chi connectivity index (χ2n) is 4.96. The Morgan fingerprint density at radius 2 is 2.05 bits per heavy atom. The molecule has 2 aliphatic rings. The number of amidine groups is 1. The zero-order valence-corrected chi connectivity index (χ0v) is 13.3. The molecule has 20 heavy (non-hydrogen) atoms. The van der Waals surface area contributed by atoms with Gasteiger partial charge in [0.05, 0.1) is 10.9 Å². The zero-order chi connectivity index (χ0) is 13.9. The Morgan fingerprint density at radius 1 is 1.30 bits per heavy atom. The number of carbonyl (C=O) groups excluding carboxylic acids is 1. The van der Waals surface area contributed by atoms with Crippen molar-refractivity contribution in [1.82, 2.24) is 5.32 Å². The number of nitrogens with one attached hydrogen (secondary N) is 1. The van der Waals surface area contributed by atoms with Crippen LogP contribution in [0.3, 0.4) is 0 Å². The van der Waals surface area contributed by atoms with E-state index in [-0.39, 0.29) is 5.91 Å². The standard InChI is InChI=1S/C15H15BrN2OS/c16-12-8-4-1-5-10(12)9-13-14(19)18-15(20-13)17-11-6-2-3-7-11/h1,4-5,8-9,11H,2-3,6-7H2,(H,17,18,19)/b13-9-. The Hall–Kier alpha value is -1.07. The van der Waals surface area contributed by atoms with Crippen molar-refractivity contribution < 1.29 is 4.79 Å². The zero-order valence-electron chi connectivity index (χ0n) is 10.9. The number of benzene rings is 1. The van der Waals surface area contributed by atoms with Crippen LogP contribution in [-0.2, 0) is 4.79 Å². The van der Waals surface area contributed by atoms with E-state index in [1.54, 1.807) is 0 Å². The lowest BCUT2D eigenvalue weighted by atomic mass is 10.2. The highest BCUT2D eigenvalue weighted by molar-refractivity contribution is 9.10. The first-order valence-electron chi connectivity index (χ1n) is 6.75. The van der Waals surface area contributed by atoms with Crippen molar-refractivity contribution in [3.63, 3.8) is 0 Å². The van der Waals surface area contributed by atoms with Gasteiger partial charge in [0.25, 0.3) is 5.91 Å². The van der Waals surface area contributed by atoms with Crippen LogP contribution in [-0.4, -0.2) is 17.1 Å². The number of hydrogen-bond acceptors (Lipinski definition) is 3. The fourth-order valence-corrected chi connectivity index (χ4v) is 3.70.